The molecule has 29 heavy (non-hydrogen) atoms. The second kappa shape index (κ2) is 8.61. The second-order valence-electron chi connectivity index (χ2n) is 7.43. The van der Waals surface area contributed by atoms with Gasteiger partial charge < -0.3 is 0 Å². The van der Waals surface area contributed by atoms with Crippen LogP contribution in [0.3, 0.4) is 0 Å². The highest BCUT2D eigenvalue weighted by Crippen LogP contribution is 2.22. The van der Waals surface area contributed by atoms with Gasteiger partial charge in [-0.15, -0.1) is 0 Å². The van der Waals surface area contributed by atoms with Crippen LogP contribution in [0.15, 0.2) is 59.7 Å². The number of piperidine rings is 1. The van der Waals surface area contributed by atoms with E-state index in [1.807, 2.05) is 12.1 Å². The zero-order valence-corrected chi connectivity index (χ0v) is 16.0. The number of nitrogens with zero attached hydrogens (tertiary/aromatic N) is 4. The summed E-state index contributed by atoms with van der Waals surface area (Å²) in [6.45, 7) is 2.50. The maximum absolute atomic E-state index is 13.9. The zero-order valence-electron chi connectivity index (χ0n) is 16.0. The first kappa shape index (κ1) is 19.4. The zero-order chi connectivity index (χ0) is 20.2. The quantitative estimate of drug-likeness (QED) is 0.663. The molecular weight excluding hydrogens is 374 g/mol. The number of benzene rings is 1. The van der Waals surface area contributed by atoms with Crippen LogP contribution in [0.5, 0.6) is 0 Å². The fourth-order valence-electron chi connectivity index (χ4n) is 3.73. The van der Waals surface area contributed by atoms with Gasteiger partial charge in [0.25, 0.3) is 5.56 Å². The van der Waals surface area contributed by atoms with Crippen LogP contribution in [0.4, 0.5) is 8.78 Å². The Bertz CT molecular complexity index is 1030. The van der Waals surface area contributed by atoms with Gasteiger partial charge in [0.05, 0.1) is 5.69 Å². The summed E-state index contributed by atoms with van der Waals surface area (Å²) in [7, 11) is 0. The average Bonchev–Trinajstić information content (AvgIpc) is 2.74. The van der Waals surface area contributed by atoms with Gasteiger partial charge in [-0.2, -0.15) is 5.10 Å². The van der Waals surface area contributed by atoms with Gasteiger partial charge in [-0.05, 0) is 68.2 Å². The minimum atomic E-state index is -0.421. The van der Waals surface area contributed by atoms with Gasteiger partial charge in [-0.25, -0.2) is 13.5 Å². The van der Waals surface area contributed by atoms with Gasteiger partial charge in [0, 0.05) is 42.7 Å². The smallest absolute Gasteiger partial charge is 0.266 e. The summed E-state index contributed by atoms with van der Waals surface area (Å²) >= 11 is 0. The van der Waals surface area contributed by atoms with Crippen LogP contribution in [0.1, 0.15) is 18.4 Å². The Hall–Kier alpha value is -2.93. The van der Waals surface area contributed by atoms with Crippen molar-refractivity contribution in [3.8, 4) is 11.3 Å². The summed E-state index contributed by atoms with van der Waals surface area (Å²) in [4.78, 5) is 18.4. The molecule has 0 bridgehead atoms. The maximum Gasteiger partial charge on any atom is 0.266 e. The number of pyridine rings is 1. The highest BCUT2D eigenvalue weighted by molar-refractivity contribution is 5.56. The van der Waals surface area contributed by atoms with Crippen molar-refractivity contribution in [2.45, 2.75) is 25.9 Å². The van der Waals surface area contributed by atoms with E-state index in [0.29, 0.717) is 24.6 Å². The van der Waals surface area contributed by atoms with E-state index in [0.717, 1.165) is 43.3 Å². The molecule has 0 atom stereocenters. The van der Waals surface area contributed by atoms with Crippen molar-refractivity contribution in [1.29, 1.82) is 0 Å². The van der Waals surface area contributed by atoms with Crippen LogP contribution in [0, 0.1) is 17.6 Å². The largest absolute Gasteiger partial charge is 0.299 e. The summed E-state index contributed by atoms with van der Waals surface area (Å²) < 4.78 is 28.8. The number of rotatable bonds is 5. The number of halogens is 2. The molecule has 1 aromatic carbocycles. The minimum absolute atomic E-state index is 0.118. The lowest BCUT2D eigenvalue weighted by Crippen LogP contribution is -2.36. The third-order valence-corrected chi connectivity index (χ3v) is 5.38. The lowest BCUT2D eigenvalue weighted by atomic mass is 9.96. The van der Waals surface area contributed by atoms with Crippen LogP contribution in [0.2, 0.25) is 0 Å². The van der Waals surface area contributed by atoms with E-state index in [1.54, 1.807) is 24.5 Å². The summed E-state index contributed by atoms with van der Waals surface area (Å²) in [6, 6.07) is 10.6. The van der Waals surface area contributed by atoms with Crippen molar-refractivity contribution in [1.82, 2.24) is 19.7 Å². The molecule has 0 saturated carbocycles. The first-order valence-electron chi connectivity index (χ1n) is 9.73. The Morgan fingerprint density at radius 2 is 1.76 bits per heavy atom. The molecule has 1 aliphatic heterocycles. The summed E-state index contributed by atoms with van der Waals surface area (Å²) in [5, 5.41) is 4.52. The minimum Gasteiger partial charge on any atom is -0.299 e. The summed E-state index contributed by atoms with van der Waals surface area (Å²) in [6.07, 6.45) is 5.16. The molecule has 0 N–H and O–H groups in total. The molecule has 0 aliphatic carbocycles. The Labute approximate surface area is 167 Å². The van der Waals surface area contributed by atoms with Gasteiger partial charge in [-0.1, -0.05) is 0 Å². The molecule has 0 unspecified atom stereocenters. The van der Waals surface area contributed by atoms with Gasteiger partial charge in [0.2, 0.25) is 0 Å². The topological polar surface area (TPSA) is 51.0 Å². The van der Waals surface area contributed by atoms with E-state index in [1.165, 1.54) is 16.8 Å². The molecule has 1 fully saturated rings. The first-order chi connectivity index (χ1) is 14.1. The van der Waals surface area contributed by atoms with Crippen LogP contribution < -0.4 is 5.56 Å². The molecule has 0 spiro atoms. The molecule has 0 amide bonds. The molecule has 5 nitrogen and oxygen atoms in total. The molecule has 3 heterocycles. The van der Waals surface area contributed by atoms with Crippen LogP contribution in [-0.4, -0.2) is 32.8 Å². The maximum atomic E-state index is 13.9. The lowest BCUT2D eigenvalue weighted by Gasteiger charge is -2.32. The Balaban J connectivity index is 1.38. The number of hydrogen-bond acceptors (Lipinski definition) is 4. The van der Waals surface area contributed by atoms with Crippen molar-refractivity contribution in [3.63, 3.8) is 0 Å². The van der Waals surface area contributed by atoms with Gasteiger partial charge >= 0.3 is 0 Å². The number of aromatic nitrogens is 3. The highest BCUT2D eigenvalue weighted by Gasteiger charge is 2.21. The highest BCUT2D eigenvalue weighted by atomic mass is 19.1. The van der Waals surface area contributed by atoms with Crippen molar-refractivity contribution < 1.29 is 8.78 Å². The van der Waals surface area contributed by atoms with Gasteiger partial charge in [-0.3, -0.25) is 14.7 Å². The molecule has 3 aromatic rings. The summed E-state index contributed by atoms with van der Waals surface area (Å²) in [5.74, 6) is -0.477. The molecule has 1 saturated heterocycles. The third-order valence-electron chi connectivity index (χ3n) is 5.38. The molecule has 7 heteroatoms. The fraction of sp³-hybridized carbons (Fsp3) is 0.318. The predicted molar refractivity (Wildman–Crippen MR) is 106 cm³/mol. The van der Waals surface area contributed by atoms with E-state index in [4.69, 9.17) is 0 Å². The number of hydrogen-bond donors (Lipinski definition) is 0. The van der Waals surface area contributed by atoms with E-state index in [9.17, 15) is 13.6 Å². The number of likely N-dealkylation sites (tertiary alicyclic amines) is 1. The van der Waals surface area contributed by atoms with Crippen molar-refractivity contribution in [3.05, 3.63) is 82.4 Å². The predicted octanol–water partition coefficient (Wildman–Crippen LogP) is 3.50. The third kappa shape index (κ3) is 4.74. The summed E-state index contributed by atoms with van der Waals surface area (Å²) in [5.41, 5.74) is 1.92. The molecule has 4 rings (SSSR count). The van der Waals surface area contributed by atoms with Crippen molar-refractivity contribution >= 4 is 0 Å². The monoisotopic (exact) mass is 396 g/mol. The van der Waals surface area contributed by atoms with Crippen LogP contribution in [0.25, 0.3) is 11.3 Å². The normalized spacial score (nSPS) is 15.5. The molecule has 2 aromatic heterocycles. The van der Waals surface area contributed by atoms with Crippen molar-refractivity contribution in [2.75, 3.05) is 13.1 Å². The average molecular weight is 396 g/mol. The Morgan fingerprint density at radius 1 is 1.00 bits per heavy atom. The Morgan fingerprint density at radius 3 is 2.52 bits per heavy atom. The fourth-order valence-corrected chi connectivity index (χ4v) is 3.73. The molecule has 150 valence electrons. The van der Waals surface area contributed by atoms with Crippen molar-refractivity contribution in [2.24, 2.45) is 5.92 Å². The van der Waals surface area contributed by atoms with E-state index in [2.05, 4.69) is 15.0 Å². The molecule has 0 radical (unpaired) electrons. The van der Waals surface area contributed by atoms with Crippen LogP contribution >= 0.6 is 0 Å². The van der Waals surface area contributed by atoms with E-state index < -0.39 is 5.82 Å². The molecule has 1 aliphatic rings. The van der Waals surface area contributed by atoms with Gasteiger partial charge in [0.1, 0.15) is 11.6 Å². The molecular formula is C22H22F2N4O. The SMILES string of the molecule is O=c1ccc(-c2ccncc2)nn1CC1CCN(Cc2cc(F)ccc2F)CC1. The van der Waals surface area contributed by atoms with E-state index in [-0.39, 0.29) is 11.4 Å². The Kier molecular flexibility index (Phi) is 5.76. The first-order valence-corrected chi connectivity index (χ1v) is 9.73. The second-order valence-corrected chi connectivity index (χ2v) is 7.43. The lowest BCUT2D eigenvalue weighted by molar-refractivity contribution is 0.162. The standard InChI is InChI=1S/C22H22F2N4O/c23-19-1-2-20(24)18(13-19)15-27-11-7-16(8-12-27)14-28-22(29)4-3-21(26-28)17-5-9-25-10-6-17/h1-6,9-10,13,16H,7-8,11-12,14-15H2. The van der Waals surface area contributed by atoms with Gasteiger partial charge in [0.15, 0.2) is 0 Å². The van der Waals surface area contributed by atoms with E-state index >= 15 is 0 Å². The van der Waals surface area contributed by atoms with Crippen LogP contribution in [-0.2, 0) is 13.1 Å².